The highest BCUT2D eigenvalue weighted by Crippen LogP contribution is 2.26. The Balaban J connectivity index is 2.28. The molecule has 0 spiro atoms. The zero-order valence-electron chi connectivity index (χ0n) is 10.2. The third kappa shape index (κ3) is 3.21. The number of anilines is 1. The predicted octanol–water partition coefficient (Wildman–Crippen LogP) is 1.41. The largest absolute Gasteiger partial charge is 0.456 e. The molecule has 0 amide bonds. The van der Waals surface area contributed by atoms with Gasteiger partial charge >= 0.3 is 0 Å². The summed E-state index contributed by atoms with van der Waals surface area (Å²) >= 11 is 0. The molecule has 1 aromatic heterocycles. The summed E-state index contributed by atoms with van der Waals surface area (Å²) in [4.78, 5) is 3.96. The highest BCUT2D eigenvalue weighted by atomic mass is 32.2. The lowest BCUT2D eigenvalue weighted by atomic mass is 10.3. The molecule has 0 unspecified atom stereocenters. The van der Waals surface area contributed by atoms with Crippen molar-refractivity contribution < 1.29 is 13.2 Å². The second-order valence-electron chi connectivity index (χ2n) is 3.98. The summed E-state index contributed by atoms with van der Waals surface area (Å²) in [7, 11) is -3.82. The van der Waals surface area contributed by atoms with Gasteiger partial charge in [0.25, 0.3) is 0 Å². The molecule has 4 N–H and O–H groups in total. The fourth-order valence-electron chi connectivity index (χ4n) is 1.50. The van der Waals surface area contributed by atoms with Crippen LogP contribution in [0.3, 0.4) is 0 Å². The van der Waals surface area contributed by atoms with Crippen LogP contribution in [0, 0.1) is 6.92 Å². The Bertz CT molecular complexity index is 697. The Labute approximate surface area is 111 Å². The van der Waals surface area contributed by atoms with E-state index in [-0.39, 0.29) is 10.6 Å². The SMILES string of the molecule is Cc1ccc(Oc2ccc(S(N)(=O)=O)c(N)c2)cn1. The first kappa shape index (κ1) is 13.3. The summed E-state index contributed by atoms with van der Waals surface area (Å²) in [6.07, 6.45) is 1.57. The molecule has 0 atom stereocenters. The second kappa shape index (κ2) is 4.87. The van der Waals surface area contributed by atoms with Gasteiger partial charge in [0.05, 0.1) is 11.9 Å². The molecular formula is C12H13N3O3S. The van der Waals surface area contributed by atoms with Crippen LogP contribution in [0.2, 0.25) is 0 Å². The molecule has 0 fully saturated rings. The van der Waals surface area contributed by atoms with E-state index in [0.29, 0.717) is 11.5 Å². The Kier molecular flexibility index (Phi) is 3.41. The highest BCUT2D eigenvalue weighted by molar-refractivity contribution is 7.89. The molecule has 0 aliphatic rings. The number of hydrogen-bond acceptors (Lipinski definition) is 5. The van der Waals surface area contributed by atoms with Crippen molar-refractivity contribution in [3.63, 3.8) is 0 Å². The van der Waals surface area contributed by atoms with Gasteiger partial charge in [-0.25, -0.2) is 13.6 Å². The molecule has 0 saturated carbocycles. The number of pyridine rings is 1. The average molecular weight is 279 g/mol. The summed E-state index contributed by atoms with van der Waals surface area (Å²) in [6, 6.07) is 7.75. The van der Waals surface area contributed by atoms with Gasteiger partial charge in [-0.3, -0.25) is 4.98 Å². The van der Waals surface area contributed by atoms with Crippen LogP contribution < -0.4 is 15.6 Å². The van der Waals surface area contributed by atoms with Crippen LogP contribution in [-0.4, -0.2) is 13.4 Å². The van der Waals surface area contributed by atoms with E-state index in [1.54, 1.807) is 18.3 Å². The molecule has 0 bridgehead atoms. The first-order chi connectivity index (χ1) is 8.86. The highest BCUT2D eigenvalue weighted by Gasteiger charge is 2.12. The zero-order valence-corrected chi connectivity index (χ0v) is 11.0. The van der Waals surface area contributed by atoms with E-state index in [1.807, 2.05) is 6.92 Å². The Morgan fingerprint density at radius 3 is 2.37 bits per heavy atom. The minimum Gasteiger partial charge on any atom is -0.456 e. The van der Waals surface area contributed by atoms with Crippen LogP contribution in [0.5, 0.6) is 11.5 Å². The smallest absolute Gasteiger partial charge is 0.240 e. The van der Waals surface area contributed by atoms with Gasteiger partial charge in [-0.15, -0.1) is 0 Å². The van der Waals surface area contributed by atoms with Crippen LogP contribution in [-0.2, 0) is 10.0 Å². The molecule has 0 radical (unpaired) electrons. The van der Waals surface area contributed by atoms with Gasteiger partial charge in [-0.05, 0) is 31.2 Å². The van der Waals surface area contributed by atoms with Gasteiger partial charge in [-0.1, -0.05) is 0 Å². The summed E-state index contributed by atoms with van der Waals surface area (Å²) in [5.41, 5.74) is 6.54. The molecular weight excluding hydrogens is 266 g/mol. The maximum atomic E-state index is 11.2. The van der Waals surface area contributed by atoms with Gasteiger partial charge < -0.3 is 10.5 Å². The van der Waals surface area contributed by atoms with Crippen LogP contribution in [0.1, 0.15) is 5.69 Å². The van der Waals surface area contributed by atoms with Gasteiger partial charge in [0.2, 0.25) is 10.0 Å². The fraction of sp³-hybridized carbons (Fsp3) is 0.0833. The number of nitrogens with two attached hydrogens (primary N) is 2. The van der Waals surface area contributed by atoms with Crippen LogP contribution in [0.15, 0.2) is 41.4 Å². The van der Waals surface area contributed by atoms with Crippen molar-refractivity contribution in [1.82, 2.24) is 4.98 Å². The fourth-order valence-corrected chi connectivity index (χ4v) is 2.15. The number of primary sulfonamides is 1. The number of benzene rings is 1. The minimum atomic E-state index is -3.82. The molecule has 0 aliphatic heterocycles. The van der Waals surface area contributed by atoms with E-state index < -0.39 is 10.0 Å². The van der Waals surface area contributed by atoms with Crippen molar-refractivity contribution in [3.8, 4) is 11.5 Å². The summed E-state index contributed by atoms with van der Waals surface area (Å²) in [5.74, 6) is 0.948. The first-order valence-electron chi connectivity index (χ1n) is 5.39. The number of aromatic nitrogens is 1. The third-order valence-corrected chi connectivity index (χ3v) is 3.39. The molecule has 19 heavy (non-hydrogen) atoms. The summed E-state index contributed by atoms with van der Waals surface area (Å²) in [5, 5.41) is 5.02. The Morgan fingerprint density at radius 2 is 1.84 bits per heavy atom. The van der Waals surface area contributed by atoms with E-state index in [0.717, 1.165) is 5.69 Å². The van der Waals surface area contributed by atoms with Crippen LogP contribution in [0.25, 0.3) is 0 Å². The molecule has 2 rings (SSSR count). The Morgan fingerprint density at radius 1 is 1.16 bits per heavy atom. The normalized spacial score (nSPS) is 11.3. The van der Waals surface area contributed by atoms with Crippen molar-refractivity contribution in [2.24, 2.45) is 5.14 Å². The minimum absolute atomic E-state index is 0.0417. The predicted molar refractivity (Wildman–Crippen MR) is 71.3 cm³/mol. The second-order valence-corrected chi connectivity index (χ2v) is 5.51. The van der Waals surface area contributed by atoms with Crippen molar-refractivity contribution in [2.75, 3.05) is 5.73 Å². The number of hydrogen-bond donors (Lipinski definition) is 2. The maximum absolute atomic E-state index is 11.2. The Hall–Kier alpha value is -2.12. The van der Waals surface area contributed by atoms with E-state index >= 15 is 0 Å². The summed E-state index contributed by atoms with van der Waals surface area (Å²) < 4.78 is 27.9. The average Bonchev–Trinajstić information content (AvgIpc) is 2.30. The lowest BCUT2D eigenvalue weighted by Gasteiger charge is -2.08. The molecule has 6 nitrogen and oxygen atoms in total. The van der Waals surface area contributed by atoms with Crippen molar-refractivity contribution in [2.45, 2.75) is 11.8 Å². The maximum Gasteiger partial charge on any atom is 0.240 e. The molecule has 1 aromatic carbocycles. The lowest BCUT2D eigenvalue weighted by molar-refractivity contribution is 0.480. The van der Waals surface area contributed by atoms with Crippen molar-refractivity contribution in [1.29, 1.82) is 0 Å². The molecule has 2 aromatic rings. The third-order valence-electron chi connectivity index (χ3n) is 2.41. The lowest BCUT2D eigenvalue weighted by Crippen LogP contribution is -2.14. The van der Waals surface area contributed by atoms with Crippen molar-refractivity contribution in [3.05, 3.63) is 42.2 Å². The molecule has 1 heterocycles. The standard InChI is InChI=1S/C12H13N3O3S/c1-8-2-3-10(7-15-8)18-9-4-5-12(11(13)6-9)19(14,16)17/h2-7H,13H2,1H3,(H2,14,16,17). The molecule has 0 saturated heterocycles. The van der Waals surface area contributed by atoms with E-state index in [1.165, 1.54) is 18.2 Å². The molecule has 100 valence electrons. The van der Waals surface area contributed by atoms with E-state index in [2.05, 4.69) is 4.98 Å². The van der Waals surface area contributed by atoms with Crippen LogP contribution in [0.4, 0.5) is 5.69 Å². The molecule has 0 aliphatic carbocycles. The molecule has 7 heteroatoms. The van der Waals surface area contributed by atoms with Gasteiger partial charge in [-0.2, -0.15) is 0 Å². The number of aryl methyl sites for hydroxylation is 1. The first-order valence-corrected chi connectivity index (χ1v) is 6.94. The van der Waals surface area contributed by atoms with Crippen molar-refractivity contribution >= 4 is 15.7 Å². The summed E-state index contributed by atoms with van der Waals surface area (Å²) in [6.45, 7) is 1.86. The van der Waals surface area contributed by atoms with Gasteiger partial charge in [0, 0.05) is 11.8 Å². The monoisotopic (exact) mass is 279 g/mol. The quantitative estimate of drug-likeness (QED) is 0.826. The number of rotatable bonds is 3. The van der Waals surface area contributed by atoms with E-state index in [9.17, 15) is 8.42 Å². The number of sulfonamides is 1. The number of nitrogens with zero attached hydrogens (tertiary/aromatic N) is 1. The van der Waals surface area contributed by atoms with Gasteiger partial charge in [0.1, 0.15) is 16.4 Å². The zero-order chi connectivity index (χ0) is 14.0. The number of ether oxygens (including phenoxy) is 1. The van der Waals surface area contributed by atoms with Crippen LogP contribution >= 0.6 is 0 Å². The van der Waals surface area contributed by atoms with E-state index in [4.69, 9.17) is 15.6 Å². The number of nitrogen functional groups attached to an aromatic ring is 1. The van der Waals surface area contributed by atoms with Gasteiger partial charge in [0.15, 0.2) is 0 Å². The topological polar surface area (TPSA) is 108 Å².